The summed E-state index contributed by atoms with van der Waals surface area (Å²) >= 11 is 0. The first kappa shape index (κ1) is 32.7. The molecule has 0 aliphatic carbocycles. The fraction of sp³-hybridized carbons (Fsp3) is 0. The number of hydrogen-bond donors (Lipinski definition) is 0. The molecular formula is C53H34N2O2. The van der Waals surface area contributed by atoms with Gasteiger partial charge in [-0.25, -0.2) is 4.98 Å². The third-order valence-electron chi connectivity index (χ3n) is 10.9. The highest BCUT2D eigenvalue weighted by atomic mass is 16.3. The molecular weight excluding hydrogens is 697 g/mol. The van der Waals surface area contributed by atoms with E-state index in [0.717, 1.165) is 77.9 Å². The molecule has 0 saturated carbocycles. The largest absolute Gasteiger partial charge is 0.456 e. The summed E-state index contributed by atoms with van der Waals surface area (Å²) in [7, 11) is 0. The molecule has 0 radical (unpaired) electrons. The van der Waals surface area contributed by atoms with E-state index in [1.165, 1.54) is 21.9 Å². The van der Waals surface area contributed by atoms with Crippen LogP contribution in [-0.4, -0.2) is 4.98 Å². The highest BCUT2D eigenvalue weighted by molar-refractivity contribution is 6.06. The molecule has 9 aromatic carbocycles. The van der Waals surface area contributed by atoms with Crippen molar-refractivity contribution in [3.05, 3.63) is 206 Å². The molecule has 11 rings (SSSR count). The minimum absolute atomic E-state index is 0.562. The standard InChI is InChI=1S/C53H34N2O2/c1-2-12-37(13-3-1)44-15-6-8-18-48(44)55(42-28-23-36(24-29-42)40-22-21-35-11-4-5-14-39(35)33-40)43-30-25-38(26-31-43)45-17-10-20-50-52(45)54-53(57-50)41-27-32-47-46-16-7-9-19-49(46)56-51(47)34-41/h1-34H. The molecule has 57 heavy (non-hydrogen) atoms. The Kier molecular flexibility index (Phi) is 7.78. The molecule has 0 fully saturated rings. The van der Waals surface area contributed by atoms with E-state index in [4.69, 9.17) is 13.8 Å². The number of furan rings is 1. The number of aromatic nitrogens is 1. The lowest BCUT2D eigenvalue weighted by Crippen LogP contribution is -2.11. The molecule has 0 atom stereocenters. The van der Waals surface area contributed by atoms with E-state index >= 15 is 0 Å². The van der Waals surface area contributed by atoms with Crippen LogP contribution in [0.25, 0.3) is 88.6 Å². The van der Waals surface area contributed by atoms with Gasteiger partial charge >= 0.3 is 0 Å². The molecule has 0 unspecified atom stereocenters. The van der Waals surface area contributed by atoms with Crippen molar-refractivity contribution in [3.8, 4) is 44.8 Å². The number of nitrogens with zero attached hydrogens (tertiary/aromatic N) is 2. The lowest BCUT2D eigenvalue weighted by Gasteiger charge is -2.28. The highest BCUT2D eigenvalue weighted by Gasteiger charge is 2.19. The topological polar surface area (TPSA) is 42.4 Å². The number of oxazole rings is 1. The summed E-state index contributed by atoms with van der Waals surface area (Å²) < 4.78 is 12.5. The molecule has 4 heteroatoms. The van der Waals surface area contributed by atoms with E-state index in [2.05, 4.69) is 175 Å². The zero-order valence-electron chi connectivity index (χ0n) is 30.8. The van der Waals surface area contributed by atoms with E-state index in [9.17, 15) is 0 Å². The maximum absolute atomic E-state index is 6.37. The zero-order chi connectivity index (χ0) is 37.7. The normalized spacial score (nSPS) is 11.5. The molecule has 2 aromatic heterocycles. The maximum atomic E-state index is 6.37. The van der Waals surface area contributed by atoms with Crippen molar-refractivity contribution in [2.75, 3.05) is 4.90 Å². The first-order chi connectivity index (χ1) is 28.2. The van der Waals surface area contributed by atoms with Gasteiger partial charge in [-0.2, -0.15) is 0 Å². The molecule has 268 valence electrons. The molecule has 0 aliphatic rings. The minimum Gasteiger partial charge on any atom is -0.456 e. The average molecular weight is 731 g/mol. The van der Waals surface area contributed by atoms with Crippen LogP contribution in [0.1, 0.15) is 0 Å². The van der Waals surface area contributed by atoms with Gasteiger partial charge in [-0.05, 0) is 99.8 Å². The monoisotopic (exact) mass is 730 g/mol. The third-order valence-corrected chi connectivity index (χ3v) is 10.9. The molecule has 0 aliphatic heterocycles. The second-order valence-electron chi connectivity index (χ2n) is 14.4. The highest BCUT2D eigenvalue weighted by Crippen LogP contribution is 2.43. The second kappa shape index (κ2) is 13.6. The Balaban J connectivity index is 0.977. The minimum atomic E-state index is 0.562. The Morgan fingerprint density at radius 2 is 0.965 bits per heavy atom. The van der Waals surface area contributed by atoms with Crippen LogP contribution in [0.15, 0.2) is 215 Å². The summed E-state index contributed by atoms with van der Waals surface area (Å²) in [5, 5.41) is 4.65. The predicted octanol–water partition coefficient (Wildman–Crippen LogP) is 15.0. The molecule has 2 heterocycles. The van der Waals surface area contributed by atoms with Crippen LogP contribution in [0.2, 0.25) is 0 Å². The van der Waals surface area contributed by atoms with Gasteiger partial charge in [0.1, 0.15) is 16.7 Å². The quantitative estimate of drug-likeness (QED) is 0.164. The number of anilines is 3. The van der Waals surface area contributed by atoms with E-state index in [0.29, 0.717) is 5.89 Å². The Morgan fingerprint density at radius 3 is 1.81 bits per heavy atom. The Hall–Kier alpha value is -7.69. The predicted molar refractivity (Wildman–Crippen MR) is 235 cm³/mol. The van der Waals surface area contributed by atoms with Crippen molar-refractivity contribution in [1.82, 2.24) is 4.98 Å². The van der Waals surface area contributed by atoms with Gasteiger partial charge in [0.25, 0.3) is 0 Å². The van der Waals surface area contributed by atoms with E-state index in [1.54, 1.807) is 0 Å². The first-order valence-corrected chi connectivity index (χ1v) is 19.2. The molecule has 4 nitrogen and oxygen atoms in total. The van der Waals surface area contributed by atoms with Gasteiger partial charge in [-0.3, -0.25) is 0 Å². The summed E-state index contributed by atoms with van der Waals surface area (Å²) in [6.07, 6.45) is 0. The van der Waals surface area contributed by atoms with Gasteiger partial charge in [0.15, 0.2) is 5.58 Å². The van der Waals surface area contributed by atoms with Gasteiger partial charge in [0.05, 0.1) is 5.69 Å². The van der Waals surface area contributed by atoms with Crippen LogP contribution < -0.4 is 4.90 Å². The number of fused-ring (bicyclic) bond motifs is 5. The van der Waals surface area contributed by atoms with Crippen molar-refractivity contribution in [2.24, 2.45) is 0 Å². The van der Waals surface area contributed by atoms with Crippen molar-refractivity contribution < 1.29 is 8.83 Å². The summed E-state index contributed by atoms with van der Waals surface area (Å²) in [6.45, 7) is 0. The first-order valence-electron chi connectivity index (χ1n) is 19.2. The van der Waals surface area contributed by atoms with E-state index in [-0.39, 0.29) is 0 Å². The fourth-order valence-corrected chi connectivity index (χ4v) is 8.08. The number of hydrogen-bond acceptors (Lipinski definition) is 4. The van der Waals surface area contributed by atoms with Gasteiger partial charge in [0, 0.05) is 38.8 Å². The number of rotatable bonds is 7. The second-order valence-corrected chi connectivity index (χ2v) is 14.4. The Bertz CT molecular complexity index is 3230. The van der Waals surface area contributed by atoms with Gasteiger partial charge in [-0.1, -0.05) is 140 Å². The average Bonchev–Trinajstić information content (AvgIpc) is 3.89. The lowest BCUT2D eigenvalue weighted by molar-refractivity contribution is 0.619. The summed E-state index contributed by atoms with van der Waals surface area (Å²) in [5.41, 5.74) is 14.1. The fourth-order valence-electron chi connectivity index (χ4n) is 8.08. The SMILES string of the molecule is c1ccc(-c2ccccc2N(c2ccc(-c3ccc4ccccc4c3)cc2)c2ccc(-c3cccc4oc(-c5ccc6c(c5)oc5ccccc56)nc34)cc2)cc1. The Morgan fingerprint density at radius 1 is 0.351 bits per heavy atom. The van der Waals surface area contributed by atoms with Crippen LogP contribution in [0.3, 0.4) is 0 Å². The van der Waals surface area contributed by atoms with Crippen LogP contribution in [0.5, 0.6) is 0 Å². The summed E-state index contributed by atoms with van der Waals surface area (Å²) in [6, 6.07) is 72.4. The van der Waals surface area contributed by atoms with Crippen molar-refractivity contribution in [2.45, 2.75) is 0 Å². The molecule has 11 aromatic rings. The van der Waals surface area contributed by atoms with E-state index < -0.39 is 0 Å². The molecule has 0 spiro atoms. The lowest BCUT2D eigenvalue weighted by atomic mass is 9.99. The van der Waals surface area contributed by atoms with Crippen molar-refractivity contribution in [3.63, 3.8) is 0 Å². The van der Waals surface area contributed by atoms with Crippen LogP contribution in [-0.2, 0) is 0 Å². The molecule has 0 amide bonds. The zero-order valence-corrected chi connectivity index (χ0v) is 30.8. The van der Waals surface area contributed by atoms with Crippen LogP contribution in [0.4, 0.5) is 17.1 Å². The van der Waals surface area contributed by atoms with E-state index in [1.807, 2.05) is 36.4 Å². The third kappa shape index (κ3) is 5.83. The van der Waals surface area contributed by atoms with Gasteiger partial charge < -0.3 is 13.7 Å². The number of para-hydroxylation sites is 3. The Labute approximate surface area is 329 Å². The molecule has 0 saturated heterocycles. The van der Waals surface area contributed by atoms with Crippen molar-refractivity contribution >= 4 is 60.9 Å². The van der Waals surface area contributed by atoms with Gasteiger partial charge in [-0.15, -0.1) is 0 Å². The summed E-state index contributed by atoms with van der Waals surface area (Å²) in [4.78, 5) is 7.40. The molecule has 0 bridgehead atoms. The smallest absolute Gasteiger partial charge is 0.227 e. The molecule has 0 N–H and O–H groups in total. The van der Waals surface area contributed by atoms with Gasteiger partial charge in [0.2, 0.25) is 5.89 Å². The van der Waals surface area contributed by atoms with Crippen molar-refractivity contribution in [1.29, 1.82) is 0 Å². The maximum Gasteiger partial charge on any atom is 0.227 e. The van der Waals surface area contributed by atoms with Crippen LogP contribution >= 0.6 is 0 Å². The summed E-state index contributed by atoms with van der Waals surface area (Å²) in [5.74, 6) is 0.562. The number of benzene rings is 9. The van der Waals surface area contributed by atoms with Crippen LogP contribution in [0, 0.1) is 0 Å².